The number of hydrogen-bond donors (Lipinski definition) is 4. The number of phenolic OH excluding ortho intramolecular Hbond substituents is 2. The normalized spacial score (nSPS) is 14.7. The van der Waals surface area contributed by atoms with Gasteiger partial charge >= 0.3 is 0 Å². The fraction of sp³-hybridized carbons (Fsp3) is 0.500. The molecule has 0 aliphatic heterocycles. The van der Waals surface area contributed by atoms with Crippen LogP contribution in [0.5, 0.6) is 11.5 Å². The fourth-order valence-corrected chi connectivity index (χ4v) is 1.32. The van der Waals surface area contributed by atoms with E-state index in [9.17, 15) is 5.11 Å². The van der Waals surface area contributed by atoms with E-state index < -0.39 is 0 Å². The predicted octanol–water partition coefficient (Wildman–Crippen LogP) is 1.20. The highest BCUT2D eigenvalue weighted by molar-refractivity contribution is 5.40. The van der Waals surface area contributed by atoms with E-state index in [1.165, 1.54) is 12.1 Å². The Bertz CT molecular complexity index is 341. The van der Waals surface area contributed by atoms with E-state index in [1.807, 2.05) is 13.8 Å². The number of phenols is 2. The zero-order valence-corrected chi connectivity index (χ0v) is 9.64. The number of aliphatic hydroxyl groups is 1. The molecule has 2 atom stereocenters. The minimum atomic E-state index is -0.111. The summed E-state index contributed by atoms with van der Waals surface area (Å²) in [4.78, 5) is 0. The van der Waals surface area contributed by atoms with Crippen molar-refractivity contribution in [3.05, 3.63) is 23.8 Å². The molecule has 0 aromatic heterocycles. The highest BCUT2D eigenvalue weighted by Crippen LogP contribution is 2.24. The van der Waals surface area contributed by atoms with Crippen molar-refractivity contribution >= 4 is 0 Å². The monoisotopic (exact) mass is 225 g/mol. The maximum Gasteiger partial charge on any atom is 0.157 e. The Hall–Kier alpha value is -1.26. The van der Waals surface area contributed by atoms with Crippen LogP contribution in [-0.4, -0.2) is 28.0 Å². The molecule has 4 nitrogen and oxygen atoms in total. The van der Waals surface area contributed by atoms with Crippen molar-refractivity contribution < 1.29 is 15.3 Å². The maximum atomic E-state index is 9.30. The molecule has 0 amide bonds. The van der Waals surface area contributed by atoms with Crippen LogP contribution in [0.1, 0.15) is 19.4 Å². The molecule has 4 heteroatoms. The van der Waals surface area contributed by atoms with Crippen LogP contribution in [0.2, 0.25) is 0 Å². The van der Waals surface area contributed by atoms with Gasteiger partial charge in [0.1, 0.15) is 0 Å². The van der Waals surface area contributed by atoms with Crippen LogP contribution < -0.4 is 5.32 Å². The van der Waals surface area contributed by atoms with Gasteiger partial charge in [0.05, 0.1) is 0 Å². The molecule has 0 aliphatic carbocycles. The first kappa shape index (κ1) is 12.8. The summed E-state index contributed by atoms with van der Waals surface area (Å²) in [7, 11) is 0. The number of rotatable bonds is 5. The number of nitrogens with one attached hydrogen (secondary N) is 1. The molecule has 16 heavy (non-hydrogen) atoms. The first-order chi connectivity index (χ1) is 7.54. The van der Waals surface area contributed by atoms with Gasteiger partial charge in [0, 0.05) is 19.2 Å². The van der Waals surface area contributed by atoms with Crippen molar-refractivity contribution in [3.8, 4) is 11.5 Å². The van der Waals surface area contributed by atoms with Crippen LogP contribution in [-0.2, 0) is 6.54 Å². The Labute approximate surface area is 95.6 Å². The molecule has 0 saturated carbocycles. The lowest BCUT2D eigenvalue weighted by atomic mass is 10.0. The quantitative estimate of drug-likeness (QED) is 0.568. The molecular weight excluding hydrogens is 206 g/mol. The third-order valence-electron chi connectivity index (χ3n) is 2.81. The van der Waals surface area contributed by atoms with Crippen molar-refractivity contribution in [3.63, 3.8) is 0 Å². The summed E-state index contributed by atoms with van der Waals surface area (Å²) >= 11 is 0. The van der Waals surface area contributed by atoms with Crippen LogP contribution in [0, 0.1) is 5.92 Å². The lowest BCUT2D eigenvalue weighted by molar-refractivity contribution is 0.207. The van der Waals surface area contributed by atoms with E-state index in [-0.39, 0.29) is 30.1 Å². The van der Waals surface area contributed by atoms with Gasteiger partial charge in [-0.15, -0.1) is 0 Å². The van der Waals surface area contributed by atoms with Gasteiger partial charge in [-0.25, -0.2) is 0 Å². The molecule has 1 aromatic rings. The second kappa shape index (κ2) is 5.72. The molecule has 0 aliphatic rings. The van der Waals surface area contributed by atoms with Gasteiger partial charge in [0.2, 0.25) is 0 Å². The van der Waals surface area contributed by atoms with Crippen molar-refractivity contribution in [1.82, 2.24) is 5.32 Å². The highest BCUT2D eigenvalue weighted by atomic mass is 16.3. The largest absolute Gasteiger partial charge is 0.504 e. The summed E-state index contributed by atoms with van der Waals surface area (Å²) in [5, 5.41) is 30.7. The van der Waals surface area contributed by atoms with E-state index in [4.69, 9.17) is 10.2 Å². The van der Waals surface area contributed by atoms with E-state index in [1.54, 1.807) is 6.07 Å². The summed E-state index contributed by atoms with van der Waals surface area (Å²) < 4.78 is 0. The molecule has 90 valence electrons. The van der Waals surface area contributed by atoms with Gasteiger partial charge in [-0.1, -0.05) is 13.0 Å². The van der Waals surface area contributed by atoms with Gasteiger partial charge in [0.25, 0.3) is 0 Å². The number of aromatic hydroxyl groups is 2. The molecule has 0 heterocycles. The minimum Gasteiger partial charge on any atom is -0.504 e. The topological polar surface area (TPSA) is 72.7 Å². The molecule has 0 radical (unpaired) electrons. The van der Waals surface area contributed by atoms with E-state index >= 15 is 0 Å². The summed E-state index contributed by atoms with van der Waals surface area (Å²) in [5.74, 6) is -0.0339. The molecule has 1 rings (SSSR count). The van der Waals surface area contributed by atoms with E-state index in [0.717, 1.165) is 5.56 Å². The second-order valence-corrected chi connectivity index (χ2v) is 4.15. The lowest BCUT2D eigenvalue weighted by Crippen LogP contribution is -2.33. The zero-order valence-electron chi connectivity index (χ0n) is 9.64. The molecule has 0 saturated heterocycles. The highest BCUT2D eigenvalue weighted by Gasteiger charge is 2.10. The Morgan fingerprint density at radius 3 is 2.44 bits per heavy atom. The molecule has 0 bridgehead atoms. The number of hydrogen-bond acceptors (Lipinski definition) is 4. The number of benzene rings is 1. The van der Waals surface area contributed by atoms with Gasteiger partial charge in [-0.2, -0.15) is 0 Å². The summed E-state index contributed by atoms with van der Waals surface area (Å²) in [6.07, 6.45) is 0. The third-order valence-corrected chi connectivity index (χ3v) is 2.81. The Morgan fingerprint density at radius 2 is 1.88 bits per heavy atom. The lowest BCUT2D eigenvalue weighted by Gasteiger charge is -2.19. The van der Waals surface area contributed by atoms with Crippen LogP contribution in [0.15, 0.2) is 18.2 Å². The maximum absolute atomic E-state index is 9.30. The van der Waals surface area contributed by atoms with E-state index in [2.05, 4.69) is 5.32 Å². The van der Waals surface area contributed by atoms with Crippen LogP contribution >= 0.6 is 0 Å². The van der Waals surface area contributed by atoms with Gasteiger partial charge < -0.3 is 20.6 Å². The average molecular weight is 225 g/mol. The van der Waals surface area contributed by atoms with E-state index in [0.29, 0.717) is 6.54 Å². The predicted molar refractivity (Wildman–Crippen MR) is 62.3 cm³/mol. The van der Waals surface area contributed by atoms with Crippen LogP contribution in [0.3, 0.4) is 0 Å². The van der Waals surface area contributed by atoms with Crippen LogP contribution in [0.25, 0.3) is 0 Å². The first-order valence-electron chi connectivity index (χ1n) is 5.39. The summed E-state index contributed by atoms with van der Waals surface area (Å²) in [5.41, 5.74) is 0.896. The fourth-order valence-electron chi connectivity index (χ4n) is 1.32. The summed E-state index contributed by atoms with van der Waals surface area (Å²) in [6, 6.07) is 4.93. The van der Waals surface area contributed by atoms with Crippen LogP contribution in [0.4, 0.5) is 0 Å². The van der Waals surface area contributed by atoms with Crippen molar-refractivity contribution in [2.75, 3.05) is 6.61 Å². The van der Waals surface area contributed by atoms with Gasteiger partial charge in [-0.3, -0.25) is 0 Å². The Morgan fingerprint density at radius 1 is 1.19 bits per heavy atom. The van der Waals surface area contributed by atoms with Crippen molar-refractivity contribution in [2.45, 2.75) is 26.4 Å². The third kappa shape index (κ3) is 3.40. The molecule has 0 spiro atoms. The molecule has 2 unspecified atom stereocenters. The molecule has 4 N–H and O–H groups in total. The first-order valence-corrected chi connectivity index (χ1v) is 5.39. The van der Waals surface area contributed by atoms with Gasteiger partial charge in [0.15, 0.2) is 11.5 Å². The number of aliphatic hydroxyl groups excluding tert-OH is 1. The van der Waals surface area contributed by atoms with Crippen molar-refractivity contribution in [2.24, 2.45) is 5.92 Å². The summed E-state index contributed by atoms with van der Waals surface area (Å²) in [6.45, 7) is 4.71. The van der Waals surface area contributed by atoms with Crippen molar-refractivity contribution in [1.29, 1.82) is 0 Å². The Kier molecular flexibility index (Phi) is 4.58. The molecule has 0 fully saturated rings. The molecular formula is C12H19NO3. The zero-order chi connectivity index (χ0) is 12.1. The standard InChI is InChI=1S/C12H19NO3/c1-8(7-14)9(2)13-6-10-3-4-11(15)12(16)5-10/h3-5,8-9,13-16H,6-7H2,1-2H3. The average Bonchev–Trinajstić information content (AvgIpc) is 2.29. The van der Waals surface area contributed by atoms with Gasteiger partial charge in [-0.05, 0) is 30.5 Å². The minimum absolute atomic E-state index is 0.109. The second-order valence-electron chi connectivity index (χ2n) is 4.15. The SMILES string of the molecule is CC(CO)C(C)NCc1ccc(O)c(O)c1. The Balaban J connectivity index is 2.51. The molecule has 1 aromatic carbocycles. The smallest absolute Gasteiger partial charge is 0.157 e.